The predicted octanol–water partition coefficient (Wildman–Crippen LogP) is 7.08. The van der Waals surface area contributed by atoms with Gasteiger partial charge in [0, 0.05) is 11.0 Å². The Morgan fingerprint density at radius 2 is 1.28 bits per heavy atom. The molecule has 0 aliphatic rings. The highest BCUT2D eigenvalue weighted by atomic mass is 16.3. The fourth-order valence-corrected chi connectivity index (χ4v) is 4.26. The summed E-state index contributed by atoms with van der Waals surface area (Å²) < 4.78 is 0. The molecule has 0 bridgehead atoms. The molecule has 1 atom stereocenters. The van der Waals surface area contributed by atoms with Crippen molar-refractivity contribution in [2.75, 3.05) is 0 Å². The Balaban J connectivity index is 2.66. The van der Waals surface area contributed by atoms with Crippen LogP contribution in [0.1, 0.15) is 77.3 Å². The van der Waals surface area contributed by atoms with Crippen molar-refractivity contribution in [2.45, 2.75) is 71.6 Å². The Labute approximate surface area is 154 Å². The molecular weight excluding hydrogens is 304 g/mol. The average Bonchev–Trinajstić information content (AvgIpc) is 2.65. The lowest BCUT2D eigenvalue weighted by Crippen LogP contribution is -2.42. The van der Waals surface area contributed by atoms with E-state index in [0.29, 0.717) is 5.75 Å². The molecule has 1 N–H and O–H groups in total. The Hall–Kier alpha value is -1.76. The quantitative estimate of drug-likeness (QED) is 0.517. The number of unbranched alkanes of at least 4 members (excludes halogenated alkanes) is 2. The summed E-state index contributed by atoms with van der Waals surface area (Å²) >= 11 is 0. The van der Waals surface area contributed by atoms with Crippen LogP contribution < -0.4 is 0 Å². The molecule has 1 nitrogen and oxygen atoms in total. The lowest BCUT2D eigenvalue weighted by atomic mass is 9.55. The number of phenols is 1. The second-order valence-electron chi connectivity index (χ2n) is 7.78. The first-order chi connectivity index (χ1) is 12.0. The van der Waals surface area contributed by atoms with Gasteiger partial charge in [-0.2, -0.15) is 0 Å². The largest absolute Gasteiger partial charge is 0.508 e. The molecule has 0 heterocycles. The third-order valence-electron chi connectivity index (χ3n) is 6.17. The molecule has 136 valence electrons. The van der Waals surface area contributed by atoms with E-state index in [1.165, 1.54) is 44.1 Å². The van der Waals surface area contributed by atoms with Crippen LogP contribution >= 0.6 is 0 Å². The zero-order valence-corrected chi connectivity index (χ0v) is 16.4. The molecule has 25 heavy (non-hydrogen) atoms. The summed E-state index contributed by atoms with van der Waals surface area (Å²) in [5, 5.41) is 10.7. The summed E-state index contributed by atoms with van der Waals surface area (Å²) in [4.78, 5) is 0. The van der Waals surface area contributed by atoms with Gasteiger partial charge in [0.25, 0.3) is 0 Å². The third kappa shape index (κ3) is 3.92. The third-order valence-corrected chi connectivity index (χ3v) is 6.17. The Kier molecular flexibility index (Phi) is 6.70. The Morgan fingerprint density at radius 3 is 1.80 bits per heavy atom. The van der Waals surface area contributed by atoms with Crippen molar-refractivity contribution in [1.82, 2.24) is 0 Å². The van der Waals surface area contributed by atoms with E-state index in [1.54, 1.807) is 0 Å². The van der Waals surface area contributed by atoms with E-state index >= 15 is 0 Å². The number of benzene rings is 2. The molecule has 0 aliphatic heterocycles. The predicted molar refractivity (Wildman–Crippen MR) is 108 cm³/mol. The van der Waals surface area contributed by atoms with E-state index in [4.69, 9.17) is 0 Å². The summed E-state index contributed by atoms with van der Waals surface area (Å²) in [5.41, 5.74) is 2.23. The van der Waals surface area contributed by atoms with Crippen LogP contribution in [-0.2, 0) is 5.41 Å². The van der Waals surface area contributed by atoms with Gasteiger partial charge < -0.3 is 5.11 Å². The normalized spacial score (nSPS) is 14.2. The topological polar surface area (TPSA) is 20.2 Å². The van der Waals surface area contributed by atoms with Crippen molar-refractivity contribution >= 4 is 0 Å². The molecule has 0 aliphatic carbocycles. The molecule has 0 fully saturated rings. The summed E-state index contributed by atoms with van der Waals surface area (Å²) in [6.07, 6.45) is 7.18. The van der Waals surface area contributed by atoms with Crippen LogP contribution in [0.15, 0.2) is 54.6 Å². The lowest BCUT2D eigenvalue weighted by molar-refractivity contribution is 0.145. The summed E-state index contributed by atoms with van der Waals surface area (Å²) in [7, 11) is 0. The fraction of sp³-hybridized carbons (Fsp3) is 0.500. The maximum Gasteiger partial charge on any atom is 0.119 e. The fourth-order valence-electron chi connectivity index (χ4n) is 4.26. The van der Waals surface area contributed by atoms with Gasteiger partial charge in [-0.1, -0.05) is 102 Å². The van der Waals surface area contributed by atoms with Crippen LogP contribution in [0.4, 0.5) is 0 Å². The monoisotopic (exact) mass is 338 g/mol. The van der Waals surface area contributed by atoms with Crippen LogP contribution in [0.3, 0.4) is 0 Å². The van der Waals surface area contributed by atoms with Crippen molar-refractivity contribution in [3.05, 3.63) is 65.7 Å². The van der Waals surface area contributed by atoms with Gasteiger partial charge in [0.05, 0.1) is 0 Å². The van der Waals surface area contributed by atoms with Gasteiger partial charge in [-0.15, -0.1) is 0 Å². The molecule has 2 aromatic rings. The molecule has 1 unspecified atom stereocenters. The molecule has 0 aromatic heterocycles. The average molecular weight is 339 g/mol. The number of phenolic OH excluding ortho intramolecular Hbond substituents is 1. The van der Waals surface area contributed by atoms with Crippen molar-refractivity contribution in [1.29, 1.82) is 0 Å². The SMILES string of the molecule is CCCCC(C)(CCCC)C(C)(c1ccccc1)c1ccccc1O. The van der Waals surface area contributed by atoms with Gasteiger partial charge in [0.2, 0.25) is 0 Å². The van der Waals surface area contributed by atoms with Gasteiger partial charge in [-0.05, 0) is 29.9 Å². The number of para-hydroxylation sites is 1. The van der Waals surface area contributed by atoms with E-state index < -0.39 is 0 Å². The number of rotatable bonds is 9. The molecule has 0 spiro atoms. The van der Waals surface area contributed by atoms with Crippen LogP contribution in [0, 0.1) is 5.41 Å². The standard InChI is InChI=1S/C24H34O/c1-5-7-18-23(3,19-8-6-2)24(4,20-14-10-9-11-15-20)21-16-12-13-17-22(21)25/h9-17,25H,5-8,18-19H2,1-4H3. The molecule has 0 amide bonds. The highest BCUT2D eigenvalue weighted by molar-refractivity contribution is 5.48. The van der Waals surface area contributed by atoms with Crippen molar-refractivity contribution in [2.24, 2.45) is 5.41 Å². The molecule has 0 radical (unpaired) electrons. The maximum absolute atomic E-state index is 10.7. The second kappa shape index (κ2) is 8.56. The molecule has 2 aromatic carbocycles. The summed E-state index contributed by atoms with van der Waals surface area (Å²) in [5.74, 6) is 0.410. The van der Waals surface area contributed by atoms with Crippen molar-refractivity contribution in [3.8, 4) is 5.75 Å². The first-order valence-electron chi connectivity index (χ1n) is 9.83. The zero-order valence-electron chi connectivity index (χ0n) is 16.4. The van der Waals surface area contributed by atoms with Crippen LogP contribution in [-0.4, -0.2) is 5.11 Å². The summed E-state index contributed by atoms with van der Waals surface area (Å²) in [6.45, 7) is 9.29. The van der Waals surface area contributed by atoms with Crippen LogP contribution in [0.25, 0.3) is 0 Å². The number of hydrogen-bond acceptors (Lipinski definition) is 1. The summed E-state index contributed by atoms with van der Waals surface area (Å²) in [6, 6.07) is 18.7. The van der Waals surface area contributed by atoms with E-state index in [-0.39, 0.29) is 10.8 Å². The lowest BCUT2D eigenvalue weighted by Gasteiger charge is -2.48. The van der Waals surface area contributed by atoms with E-state index in [9.17, 15) is 5.11 Å². The van der Waals surface area contributed by atoms with E-state index in [2.05, 4.69) is 70.2 Å². The highest BCUT2D eigenvalue weighted by Gasteiger charge is 2.47. The van der Waals surface area contributed by atoms with Crippen molar-refractivity contribution < 1.29 is 5.11 Å². The first-order valence-corrected chi connectivity index (χ1v) is 9.83. The van der Waals surface area contributed by atoms with Gasteiger partial charge in [-0.25, -0.2) is 0 Å². The van der Waals surface area contributed by atoms with Gasteiger partial charge >= 0.3 is 0 Å². The maximum atomic E-state index is 10.7. The molecule has 0 saturated heterocycles. The van der Waals surface area contributed by atoms with Gasteiger partial charge in [0.15, 0.2) is 0 Å². The van der Waals surface area contributed by atoms with Crippen molar-refractivity contribution in [3.63, 3.8) is 0 Å². The highest BCUT2D eigenvalue weighted by Crippen LogP contribution is 2.54. The molecule has 1 heteroatoms. The Morgan fingerprint density at radius 1 is 0.760 bits per heavy atom. The molecule has 0 saturated carbocycles. The van der Waals surface area contributed by atoms with Crippen LogP contribution in [0.2, 0.25) is 0 Å². The minimum Gasteiger partial charge on any atom is -0.508 e. The molecular formula is C24H34O. The van der Waals surface area contributed by atoms with Gasteiger partial charge in [-0.3, -0.25) is 0 Å². The van der Waals surface area contributed by atoms with E-state index in [0.717, 1.165) is 5.56 Å². The Bertz CT molecular complexity index is 638. The minimum absolute atomic E-state index is 0.0964. The molecule has 2 rings (SSSR count). The second-order valence-corrected chi connectivity index (χ2v) is 7.78. The number of aromatic hydroxyl groups is 1. The zero-order chi connectivity index (χ0) is 18.3. The van der Waals surface area contributed by atoms with Crippen LogP contribution in [0.5, 0.6) is 5.75 Å². The van der Waals surface area contributed by atoms with Gasteiger partial charge in [0.1, 0.15) is 5.75 Å². The number of hydrogen-bond donors (Lipinski definition) is 1. The smallest absolute Gasteiger partial charge is 0.119 e. The van der Waals surface area contributed by atoms with E-state index in [1.807, 2.05) is 12.1 Å². The first kappa shape index (κ1) is 19.6. The minimum atomic E-state index is -0.218.